The summed E-state index contributed by atoms with van der Waals surface area (Å²) in [6.07, 6.45) is 1.65. The van der Waals surface area contributed by atoms with Crippen molar-refractivity contribution in [1.29, 1.82) is 0 Å². The summed E-state index contributed by atoms with van der Waals surface area (Å²) in [7, 11) is -2.61. The molecule has 0 aromatic heterocycles. The Morgan fingerprint density at radius 1 is 0.833 bits per heavy atom. The molecule has 2 heterocycles. The summed E-state index contributed by atoms with van der Waals surface area (Å²) in [5.74, 6) is -0.674. The van der Waals surface area contributed by atoms with Crippen LogP contribution in [0, 0.1) is 0 Å². The van der Waals surface area contributed by atoms with Gasteiger partial charge in [0.05, 0.1) is 19.3 Å². The van der Waals surface area contributed by atoms with Crippen molar-refractivity contribution in [2.75, 3.05) is 6.61 Å². The highest BCUT2D eigenvalue weighted by Gasteiger charge is 2.65. The van der Waals surface area contributed by atoms with E-state index >= 15 is 0 Å². The number of benzene rings is 3. The van der Waals surface area contributed by atoms with Crippen LogP contribution >= 0.6 is 22.6 Å². The molecule has 4 atom stereocenters. The molecule has 2 fully saturated rings. The van der Waals surface area contributed by atoms with Crippen molar-refractivity contribution in [3.63, 3.8) is 0 Å². The third-order valence-corrected chi connectivity index (χ3v) is 13.4. The lowest BCUT2D eigenvalue weighted by Crippen LogP contribution is -2.67. The zero-order valence-electron chi connectivity index (χ0n) is 21.2. The zero-order valence-corrected chi connectivity index (χ0v) is 24.4. The molecule has 0 saturated carbocycles. The van der Waals surface area contributed by atoms with Gasteiger partial charge in [-0.15, -0.1) is 0 Å². The van der Waals surface area contributed by atoms with E-state index in [-0.39, 0.29) is 21.4 Å². The molecule has 0 N–H and O–H groups in total. The van der Waals surface area contributed by atoms with Gasteiger partial charge in [-0.05, 0) is 56.4 Å². The number of hydrogen-bond donors (Lipinski definition) is 0. The molecule has 4 nitrogen and oxygen atoms in total. The number of hydrogen-bond acceptors (Lipinski definition) is 4. The molecule has 36 heavy (non-hydrogen) atoms. The molecular formula is C30H35IO4Si. The van der Waals surface area contributed by atoms with Gasteiger partial charge in [0.2, 0.25) is 5.79 Å². The minimum absolute atomic E-state index is 0.00784. The minimum atomic E-state index is -2.61. The van der Waals surface area contributed by atoms with E-state index in [1.165, 1.54) is 10.4 Å². The first-order chi connectivity index (χ1) is 17.3. The van der Waals surface area contributed by atoms with Crippen LogP contribution in [0.15, 0.2) is 91.0 Å². The van der Waals surface area contributed by atoms with E-state index in [1.807, 2.05) is 18.2 Å². The average molecular weight is 615 g/mol. The standard InChI is InChI=1S/C30H35IO4Si/c1-29(2,3)36(25-15-9-5-10-16-25,26-17-11-6-12-18-26)33-22-24-19-20-27(30(34-24)28(31)35-30)32-21-23-13-7-4-8-14-23/h4-18,24,27-28H,19-22H2,1-3H3/t24-,27+,28?,30?/m0/s1. The molecule has 0 bridgehead atoms. The van der Waals surface area contributed by atoms with Crippen LogP contribution in [0.4, 0.5) is 0 Å². The second-order valence-corrected chi connectivity index (χ2v) is 16.2. The summed E-state index contributed by atoms with van der Waals surface area (Å²) in [5.41, 5.74) is 1.16. The molecule has 2 aliphatic heterocycles. The molecule has 6 heteroatoms. The SMILES string of the molecule is CC(C)(C)[Si](OC[C@@H]1CC[C@@H](OCc2ccccc2)C2(OC2I)O1)(c1ccccc1)c1ccccc1. The lowest BCUT2D eigenvalue weighted by Gasteiger charge is -2.44. The van der Waals surface area contributed by atoms with E-state index in [9.17, 15) is 0 Å². The van der Waals surface area contributed by atoms with E-state index in [1.54, 1.807) is 0 Å². The Balaban J connectivity index is 1.34. The van der Waals surface area contributed by atoms with E-state index in [0.29, 0.717) is 13.2 Å². The Labute approximate surface area is 229 Å². The first-order valence-corrected chi connectivity index (χ1v) is 15.9. The Kier molecular flexibility index (Phi) is 7.73. The summed E-state index contributed by atoms with van der Waals surface area (Å²) in [4.78, 5) is 0. The molecule has 0 aliphatic carbocycles. The number of halogens is 1. The normalized spacial score (nSPS) is 26.2. The Morgan fingerprint density at radius 3 is 1.86 bits per heavy atom. The van der Waals surface area contributed by atoms with E-state index in [0.717, 1.165) is 18.4 Å². The molecule has 1 spiro atoms. The molecule has 2 aliphatic rings. The second kappa shape index (κ2) is 10.7. The molecule has 0 amide bonds. The van der Waals surface area contributed by atoms with E-state index < -0.39 is 14.1 Å². The number of alkyl halides is 1. The van der Waals surface area contributed by atoms with Crippen LogP contribution in [-0.2, 0) is 25.2 Å². The Bertz CT molecular complexity index is 1080. The van der Waals surface area contributed by atoms with E-state index in [2.05, 4.69) is 116 Å². The number of rotatable bonds is 8. The van der Waals surface area contributed by atoms with Gasteiger partial charge in [-0.1, -0.05) is 112 Å². The number of epoxide rings is 1. The van der Waals surface area contributed by atoms with Crippen LogP contribution < -0.4 is 10.4 Å². The van der Waals surface area contributed by atoms with Crippen molar-refractivity contribution >= 4 is 41.3 Å². The van der Waals surface area contributed by atoms with Gasteiger partial charge in [0.1, 0.15) is 6.10 Å². The Morgan fingerprint density at radius 2 is 1.36 bits per heavy atom. The minimum Gasteiger partial charge on any atom is -0.405 e. The lowest BCUT2D eigenvalue weighted by atomic mass is 10.0. The summed E-state index contributed by atoms with van der Waals surface area (Å²) < 4.78 is 26.1. The highest BCUT2D eigenvalue weighted by molar-refractivity contribution is 14.1. The predicted octanol–water partition coefficient (Wildman–Crippen LogP) is 5.82. The van der Waals surface area contributed by atoms with Crippen LogP contribution in [-0.4, -0.2) is 37.0 Å². The van der Waals surface area contributed by atoms with Crippen molar-refractivity contribution in [3.8, 4) is 0 Å². The monoisotopic (exact) mass is 614 g/mol. The molecular weight excluding hydrogens is 579 g/mol. The first-order valence-electron chi connectivity index (χ1n) is 12.8. The van der Waals surface area contributed by atoms with Gasteiger partial charge in [-0.3, -0.25) is 0 Å². The molecule has 3 aromatic rings. The maximum atomic E-state index is 7.14. The maximum absolute atomic E-state index is 7.14. The summed E-state index contributed by atoms with van der Waals surface area (Å²) >= 11 is 2.32. The van der Waals surface area contributed by atoms with Crippen LogP contribution in [0.1, 0.15) is 39.2 Å². The van der Waals surface area contributed by atoms with Crippen molar-refractivity contribution < 1.29 is 18.6 Å². The van der Waals surface area contributed by atoms with Crippen molar-refractivity contribution in [1.82, 2.24) is 0 Å². The summed E-state index contributed by atoms with van der Waals surface area (Å²) in [5, 5.41) is 2.51. The van der Waals surface area contributed by atoms with E-state index in [4.69, 9.17) is 18.6 Å². The highest BCUT2D eigenvalue weighted by atomic mass is 127. The average Bonchev–Trinajstić information content (AvgIpc) is 3.53. The Hall–Kier alpha value is -1.55. The topological polar surface area (TPSA) is 40.2 Å². The lowest BCUT2D eigenvalue weighted by molar-refractivity contribution is -0.207. The van der Waals surface area contributed by atoms with Crippen LogP contribution in [0.2, 0.25) is 5.04 Å². The molecule has 0 radical (unpaired) electrons. The molecule has 3 aromatic carbocycles. The highest BCUT2D eigenvalue weighted by Crippen LogP contribution is 2.51. The molecule has 5 rings (SSSR count). The van der Waals surface area contributed by atoms with Crippen LogP contribution in [0.5, 0.6) is 0 Å². The van der Waals surface area contributed by atoms with Gasteiger partial charge < -0.3 is 18.6 Å². The van der Waals surface area contributed by atoms with Gasteiger partial charge >= 0.3 is 0 Å². The maximum Gasteiger partial charge on any atom is 0.261 e. The van der Waals surface area contributed by atoms with Crippen LogP contribution in [0.3, 0.4) is 0 Å². The van der Waals surface area contributed by atoms with Crippen LogP contribution in [0.25, 0.3) is 0 Å². The van der Waals surface area contributed by atoms with Gasteiger partial charge in [0.25, 0.3) is 8.32 Å². The zero-order chi connectivity index (χ0) is 25.2. The summed E-state index contributed by atoms with van der Waals surface area (Å²) in [6.45, 7) is 8.02. The number of ether oxygens (including phenoxy) is 3. The summed E-state index contributed by atoms with van der Waals surface area (Å²) in [6, 6.07) is 31.8. The molecule has 2 unspecified atom stereocenters. The van der Waals surface area contributed by atoms with Crippen molar-refractivity contribution in [2.45, 2.75) is 67.4 Å². The molecule has 190 valence electrons. The fourth-order valence-electron chi connectivity index (χ4n) is 5.43. The van der Waals surface area contributed by atoms with Gasteiger partial charge in [-0.25, -0.2) is 0 Å². The predicted molar refractivity (Wildman–Crippen MR) is 154 cm³/mol. The van der Waals surface area contributed by atoms with Gasteiger partial charge in [0.15, 0.2) is 4.11 Å². The van der Waals surface area contributed by atoms with Crippen molar-refractivity contribution in [3.05, 3.63) is 96.6 Å². The second-order valence-electron chi connectivity index (χ2n) is 10.7. The fraction of sp³-hybridized carbons (Fsp3) is 0.400. The smallest absolute Gasteiger partial charge is 0.261 e. The third-order valence-electron chi connectivity index (χ3n) is 7.29. The molecule has 2 saturated heterocycles. The van der Waals surface area contributed by atoms with Gasteiger partial charge in [0, 0.05) is 0 Å². The fourth-order valence-corrected chi connectivity index (χ4v) is 11.0. The largest absolute Gasteiger partial charge is 0.405 e. The van der Waals surface area contributed by atoms with Gasteiger partial charge in [-0.2, -0.15) is 0 Å². The third kappa shape index (κ3) is 5.08. The quantitative estimate of drug-likeness (QED) is 0.139. The van der Waals surface area contributed by atoms with Crippen molar-refractivity contribution in [2.24, 2.45) is 0 Å². The first kappa shape index (κ1) is 26.1.